The zero-order chi connectivity index (χ0) is 20.6. The molecule has 0 aromatic carbocycles. The molecule has 0 spiro atoms. The van der Waals surface area contributed by atoms with E-state index in [4.69, 9.17) is 0 Å². The van der Waals surface area contributed by atoms with Crippen LogP contribution in [0.2, 0.25) is 0 Å². The predicted octanol–water partition coefficient (Wildman–Crippen LogP) is 5.53. The quantitative estimate of drug-likeness (QED) is 0.451. The lowest BCUT2D eigenvalue weighted by Crippen LogP contribution is -2.54. The third-order valence-corrected chi connectivity index (χ3v) is 6.95. The summed E-state index contributed by atoms with van der Waals surface area (Å²) in [6, 6.07) is 2.81. The van der Waals surface area contributed by atoms with E-state index in [0.717, 1.165) is 38.6 Å². The molecule has 0 unspecified atom stereocenters. The van der Waals surface area contributed by atoms with Crippen molar-refractivity contribution in [1.82, 2.24) is 15.6 Å². The summed E-state index contributed by atoms with van der Waals surface area (Å²) in [5.74, 6) is -0.918. The number of carbonyl (C=O) groups excluding carboxylic acids is 1. The van der Waals surface area contributed by atoms with Crippen LogP contribution in [0, 0.1) is 5.82 Å². The summed E-state index contributed by atoms with van der Waals surface area (Å²) in [7, 11) is 0. The molecule has 2 bridgehead atoms. The van der Waals surface area contributed by atoms with Gasteiger partial charge in [-0.2, -0.15) is 0 Å². The lowest BCUT2D eigenvalue weighted by molar-refractivity contribution is 0.0859. The molecule has 162 valence electrons. The van der Waals surface area contributed by atoms with Crippen molar-refractivity contribution >= 4 is 5.91 Å². The monoisotopic (exact) mass is 403 g/mol. The van der Waals surface area contributed by atoms with E-state index in [-0.39, 0.29) is 22.7 Å². The van der Waals surface area contributed by atoms with Crippen LogP contribution in [0.3, 0.4) is 0 Å². The van der Waals surface area contributed by atoms with Gasteiger partial charge in [-0.3, -0.25) is 4.79 Å². The van der Waals surface area contributed by atoms with Crippen LogP contribution < -0.4 is 10.6 Å². The number of carbonyl (C=O) groups is 1. The third kappa shape index (κ3) is 6.00. The van der Waals surface area contributed by atoms with E-state index in [0.29, 0.717) is 0 Å². The number of unbranched alkanes of at least 4 members (excludes halogenated alkanes) is 7. The maximum absolute atomic E-state index is 13.9. The van der Waals surface area contributed by atoms with Crippen molar-refractivity contribution < 1.29 is 9.18 Å². The second kappa shape index (κ2) is 10.5. The lowest BCUT2D eigenvalue weighted by Gasteiger charge is -2.40. The van der Waals surface area contributed by atoms with Gasteiger partial charge in [0.2, 0.25) is 0 Å². The molecule has 2 N–H and O–H groups in total. The second-order valence-electron chi connectivity index (χ2n) is 9.28. The van der Waals surface area contributed by atoms with Gasteiger partial charge >= 0.3 is 0 Å². The molecule has 2 fully saturated rings. The zero-order valence-corrected chi connectivity index (χ0v) is 18.1. The fourth-order valence-corrected chi connectivity index (χ4v) is 5.37. The molecule has 2 atom stereocenters. The van der Waals surface area contributed by atoms with Crippen molar-refractivity contribution in [3.8, 4) is 0 Å². The molecule has 1 heterocycles. The summed E-state index contributed by atoms with van der Waals surface area (Å²) in [4.78, 5) is 16.6. The Kier molecular flexibility index (Phi) is 8.05. The van der Waals surface area contributed by atoms with Gasteiger partial charge in [0, 0.05) is 17.3 Å². The molecule has 2 aliphatic carbocycles. The summed E-state index contributed by atoms with van der Waals surface area (Å²) in [5.41, 5.74) is -0.141. The maximum Gasteiger partial charge on any atom is 0.273 e. The number of nitrogens with zero attached hydrogens (tertiary/aromatic N) is 1. The Labute approximate surface area is 175 Å². The van der Waals surface area contributed by atoms with Crippen LogP contribution in [0.4, 0.5) is 4.39 Å². The van der Waals surface area contributed by atoms with Crippen LogP contribution in [-0.4, -0.2) is 28.5 Å². The van der Waals surface area contributed by atoms with Crippen molar-refractivity contribution in [2.75, 3.05) is 6.54 Å². The number of rotatable bonds is 12. The maximum atomic E-state index is 13.9. The van der Waals surface area contributed by atoms with Crippen molar-refractivity contribution in [3.63, 3.8) is 0 Å². The van der Waals surface area contributed by atoms with Crippen LogP contribution in [0.5, 0.6) is 0 Å². The topological polar surface area (TPSA) is 54.0 Å². The number of hydrogen-bond donors (Lipinski definition) is 2. The largest absolute Gasteiger partial charge is 0.345 e. The number of aromatic nitrogens is 1. The number of hydrogen-bond acceptors (Lipinski definition) is 3. The molecular formula is C24H38FN3O. The van der Waals surface area contributed by atoms with Crippen LogP contribution in [-0.2, 0) is 0 Å². The van der Waals surface area contributed by atoms with Crippen molar-refractivity contribution in [1.29, 1.82) is 0 Å². The highest BCUT2D eigenvalue weighted by atomic mass is 19.1. The molecule has 0 saturated heterocycles. The van der Waals surface area contributed by atoms with Crippen molar-refractivity contribution in [2.45, 2.75) is 108 Å². The highest BCUT2D eigenvalue weighted by Gasteiger charge is 2.51. The van der Waals surface area contributed by atoms with Crippen LogP contribution >= 0.6 is 0 Å². The molecule has 1 aromatic rings. The normalized spacial score (nSPS) is 25.9. The van der Waals surface area contributed by atoms with Gasteiger partial charge in [0.25, 0.3) is 5.91 Å². The number of pyridine rings is 1. The number of fused-ring (bicyclic) bond motifs is 2. The Morgan fingerprint density at radius 3 is 2.48 bits per heavy atom. The van der Waals surface area contributed by atoms with E-state index in [1.165, 1.54) is 76.1 Å². The predicted molar refractivity (Wildman–Crippen MR) is 115 cm³/mol. The number of nitrogens with one attached hydrogen (secondary N) is 2. The highest BCUT2D eigenvalue weighted by Crippen LogP contribution is 2.48. The van der Waals surface area contributed by atoms with E-state index in [1.807, 2.05) is 0 Å². The van der Waals surface area contributed by atoms with E-state index < -0.39 is 5.82 Å². The van der Waals surface area contributed by atoms with Crippen LogP contribution in [0.15, 0.2) is 18.3 Å². The van der Waals surface area contributed by atoms with Crippen LogP contribution in [0.1, 0.15) is 107 Å². The molecule has 1 amide bonds. The Balaban J connectivity index is 1.42. The van der Waals surface area contributed by atoms with Gasteiger partial charge in [-0.15, -0.1) is 0 Å². The minimum absolute atomic E-state index is 0.0863. The first-order chi connectivity index (χ1) is 14.1. The lowest BCUT2D eigenvalue weighted by atomic mass is 9.78. The van der Waals surface area contributed by atoms with Gasteiger partial charge in [0.05, 0.1) is 0 Å². The van der Waals surface area contributed by atoms with E-state index in [2.05, 4.69) is 22.5 Å². The Bertz CT molecular complexity index is 667. The minimum Gasteiger partial charge on any atom is -0.345 e. The third-order valence-electron chi connectivity index (χ3n) is 6.95. The molecule has 2 aliphatic rings. The van der Waals surface area contributed by atoms with E-state index >= 15 is 0 Å². The summed E-state index contributed by atoms with van der Waals surface area (Å²) in [6.07, 6.45) is 18.4. The fourth-order valence-electron chi connectivity index (χ4n) is 5.37. The highest BCUT2D eigenvalue weighted by molar-refractivity contribution is 5.93. The van der Waals surface area contributed by atoms with Gasteiger partial charge in [-0.25, -0.2) is 9.37 Å². The molecule has 4 nitrogen and oxygen atoms in total. The Morgan fingerprint density at radius 2 is 1.72 bits per heavy atom. The standard InChI is InChI=1S/C24H38FN3O/c1-2-3-4-5-6-7-8-9-18-27-23-13-11-14-24(19-23,16-15-23)28-22(29)21-20(25)12-10-17-26-21/h10,12,17,27H,2-9,11,13-16,18-19H2,1H3,(H,28,29)/t23-,24+/m0/s1. The van der Waals surface area contributed by atoms with Gasteiger partial charge in [0.1, 0.15) is 0 Å². The van der Waals surface area contributed by atoms with E-state index in [1.54, 1.807) is 0 Å². The summed E-state index contributed by atoms with van der Waals surface area (Å²) in [5, 5.41) is 7.01. The molecule has 29 heavy (non-hydrogen) atoms. The minimum atomic E-state index is -0.547. The molecule has 2 saturated carbocycles. The van der Waals surface area contributed by atoms with Gasteiger partial charge < -0.3 is 10.6 Å². The summed E-state index contributed by atoms with van der Waals surface area (Å²) >= 11 is 0. The molecule has 3 rings (SSSR count). The molecule has 0 aliphatic heterocycles. The first-order valence-corrected chi connectivity index (χ1v) is 11.8. The summed E-state index contributed by atoms with van der Waals surface area (Å²) < 4.78 is 13.9. The molecule has 5 heteroatoms. The van der Waals surface area contributed by atoms with Gasteiger partial charge in [-0.1, -0.05) is 51.9 Å². The second-order valence-corrected chi connectivity index (χ2v) is 9.28. The Hall–Kier alpha value is -1.49. The fraction of sp³-hybridized carbons (Fsp3) is 0.750. The first-order valence-electron chi connectivity index (χ1n) is 11.8. The van der Waals surface area contributed by atoms with E-state index in [9.17, 15) is 9.18 Å². The number of halogens is 1. The smallest absolute Gasteiger partial charge is 0.273 e. The number of amides is 1. The van der Waals surface area contributed by atoms with Crippen molar-refractivity contribution in [2.24, 2.45) is 0 Å². The Morgan fingerprint density at radius 1 is 1.03 bits per heavy atom. The SMILES string of the molecule is CCCCCCCCCCN[C@@]12CCC[C@@](NC(=O)c3ncccc3F)(CC1)C2. The van der Waals surface area contributed by atoms with Crippen LogP contribution in [0.25, 0.3) is 0 Å². The van der Waals surface area contributed by atoms with Gasteiger partial charge in [0.15, 0.2) is 11.5 Å². The average Bonchev–Trinajstić information content (AvgIpc) is 2.97. The molecule has 1 aromatic heterocycles. The summed E-state index contributed by atoms with van der Waals surface area (Å²) in [6.45, 7) is 3.32. The first kappa shape index (κ1) is 22.2. The average molecular weight is 404 g/mol. The van der Waals surface area contributed by atoms with Crippen molar-refractivity contribution in [3.05, 3.63) is 29.8 Å². The molecular weight excluding hydrogens is 365 g/mol. The van der Waals surface area contributed by atoms with Gasteiger partial charge in [-0.05, 0) is 63.6 Å². The molecule has 0 radical (unpaired) electrons. The zero-order valence-electron chi connectivity index (χ0n) is 18.1.